The zero-order valence-electron chi connectivity index (χ0n) is 10.6. The van der Waals surface area contributed by atoms with Crippen LogP contribution in [0.5, 0.6) is 0 Å². The van der Waals surface area contributed by atoms with E-state index in [0.29, 0.717) is 5.92 Å². The largest absolute Gasteiger partial charge is 0.315 e. The SMILES string of the molecule is CC#CCSc1nnnn1CCNCC(C)C. The fourth-order valence-electron chi connectivity index (χ4n) is 1.19. The third-order valence-corrected chi connectivity index (χ3v) is 2.84. The lowest BCUT2D eigenvalue weighted by Gasteiger charge is -2.07. The Morgan fingerprint density at radius 1 is 1.47 bits per heavy atom. The number of aromatic nitrogens is 4. The van der Waals surface area contributed by atoms with Crippen molar-refractivity contribution in [1.82, 2.24) is 25.5 Å². The number of rotatable bonds is 7. The first-order valence-electron chi connectivity index (χ1n) is 5.73. The van der Waals surface area contributed by atoms with Crippen LogP contribution in [0, 0.1) is 17.8 Å². The first-order valence-corrected chi connectivity index (χ1v) is 6.72. The Bertz CT molecular complexity index is 377. The highest BCUT2D eigenvalue weighted by molar-refractivity contribution is 7.99. The molecule has 0 atom stereocenters. The van der Waals surface area contributed by atoms with Crippen LogP contribution in [0.1, 0.15) is 20.8 Å². The van der Waals surface area contributed by atoms with Crippen LogP contribution in [0.15, 0.2) is 5.16 Å². The van der Waals surface area contributed by atoms with Crippen LogP contribution in [0.3, 0.4) is 0 Å². The molecule has 17 heavy (non-hydrogen) atoms. The zero-order valence-corrected chi connectivity index (χ0v) is 11.4. The Hall–Kier alpha value is -1.06. The van der Waals surface area contributed by atoms with Gasteiger partial charge in [0.2, 0.25) is 5.16 Å². The fourth-order valence-corrected chi connectivity index (χ4v) is 1.91. The van der Waals surface area contributed by atoms with Crippen molar-refractivity contribution in [3.63, 3.8) is 0 Å². The lowest BCUT2D eigenvalue weighted by molar-refractivity contribution is 0.482. The predicted octanol–water partition coefficient (Wildman–Crippen LogP) is 1.03. The van der Waals surface area contributed by atoms with Gasteiger partial charge < -0.3 is 5.32 Å². The van der Waals surface area contributed by atoms with Crippen molar-refractivity contribution in [2.45, 2.75) is 32.5 Å². The molecule has 0 radical (unpaired) electrons. The summed E-state index contributed by atoms with van der Waals surface area (Å²) >= 11 is 1.57. The molecular weight excluding hydrogens is 234 g/mol. The van der Waals surface area contributed by atoms with E-state index in [-0.39, 0.29) is 0 Å². The molecule has 0 unspecified atom stereocenters. The van der Waals surface area contributed by atoms with Crippen molar-refractivity contribution in [2.24, 2.45) is 5.92 Å². The highest BCUT2D eigenvalue weighted by Gasteiger charge is 2.05. The van der Waals surface area contributed by atoms with Gasteiger partial charge in [-0.25, -0.2) is 4.68 Å². The minimum absolute atomic E-state index is 0.664. The molecule has 1 N–H and O–H groups in total. The van der Waals surface area contributed by atoms with Crippen molar-refractivity contribution >= 4 is 11.8 Å². The maximum atomic E-state index is 3.97. The third kappa shape index (κ3) is 5.71. The first kappa shape index (κ1) is 14.0. The number of hydrogen-bond acceptors (Lipinski definition) is 5. The van der Waals surface area contributed by atoms with Gasteiger partial charge in [0, 0.05) is 6.54 Å². The molecule has 0 saturated carbocycles. The summed E-state index contributed by atoms with van der Waals surface area (Å²) in [7, 11) is 0. The first-order chi connectivity index (χ1) is 8.24. The van der Waals surface area contributed by atoms with Crippen molar-refractivity contribution in [2.75, 3.05) is 18.8 Å². The van der Waals surface area contributed by atoms with Gasteiger partial charge in [-0.3, -0.25) is 0 Å². The molecule has 0 saturated heterocycles. The molecule has 6 heteroatoms. The van der Waals surface area contributed by atoms with Crippen molar-refractivity contribution in [3.05, 3.63) is 0 Å². The second kappa shape index (κ2) is 8.09. The Kier molecular flexibility index (Phi) is 6.67. The third-order valence-electron chi connectivity index (χ3n) is 2.00. The molecule has 0 fully saturated rings. The molecule has 5 nitrogen and oxygen atoms in total. The number of thioether (sulfide) groups is 1. The van der Waals surface area contributed by atoms with E-state index in [1.807, 2.05) is 11.6 Å². The summed E-state index contributed by atoms with van der Waals surface area (Å²) in [5, 5.41) is 15.8. The van der Waals surface area contributed by atoms with E-state index in [1.165, 1.54) is 0 Å². The normalized spacial score (nSPS) is 10.4. The molecule has 0 aromatic carbocycles. The molecule has 1 rings (SSSR count). The van der Waals surface area contributed by atoms with Crippen LogP contribution in [0.4, 0.5) is 0 Å². The molecule has 0 bridgehead atoms. The lowest BCUT2D eigenvalue weighted by atomic mass is 10.2. The summed E-state index contributed by atoms with van der Waals surface area (Å²) in [6.07, 6.45) is 0. The van der Waals surface area contributed by atoms with E-state index in [1.54, 1.807) is 11.8 Å². The number of nitrogens with zero attached hydrogens (tertiary/aromatic N) is 4. The monoisotopic (exact) mass is 253 g/mol. The molecule has 1 aromatic rings. The van der Waals surface area contributed by atoms with Crippen LogP contribution in [-0.2, 0) is 6.54 Å². The molecule has 1 aromatic heterocycles. The zero-order chi connectivity index (χ0) is 12.5. The average Bonchev–Trinajstić information content (AvgIpc) is 2.72. The number of hydrogen-bond donors (Lipinski definition) is 1. The van der Waals surface area contributed by atoms with E-state index in [2.05, 4.69) is 46.5 Å². The standard InChI is InChI=1S/C11H19N5S/c1-4-5-8-17-11-13-14-15-16(11)7-6-12-9-10(2)3/h10,12H,6-9H2,1-3H3. The number of tetrazole rings is 1. The minimum Gasteiger partial charge on any atom is -0.315 e. The molecule has 0 aliphatic rings. The molecule has 1 heterocycles. The van der Waals surface area contributed by atoms with E-state index in [9.17, 15) is 0 Å². The molecule has 94 valence electrons. The Morgan fingerprint density at radius 3 is 3.00 bits per heavy atom. The molecule has 0 aliphatic heterocycles. The van der Waals surface area contributed by atoms with E-state index in [0.717, 1.165) is 30.5 Å². The van der Waals surface area contributed by atoms with Crippen molar-refractivity contribution in [3.8, 4) is 11.8 Å². The highest BCUT2D eigenvalue weighted by Crippen LogP contribution is 2.11. The highest BCUT2D eigenvalue weighted by atomic mass is 32.2. The van der Waals surface area contributed by atoms with Crippen molar-refractivity contribution < 1.29 is 0 Å². The Balaban J connectivity index is 2.31. The maximum absolute atomic E-state index is 3.97. The van der Waals surface area contributed by atoms with Gasteiger partial charge in [-0.1, -0.05) is 31.5 Å². The summed E-state index contributed by atoms with van der Waals surface area (Å²) < 4.78 is 1.81. The van der Waals surface area contributed by atoms with Crippen LogP contribution in [0.2, 0.25) is 0 Å². The van der Waals surface area contributed by atoms with E-state index < -0.39 is 0 Å². The van der Waals surface area contributed by atoms with Crippen molar-refractivity contribution in [1.29, 1.82) is 0 Å². The van der Waals surface area contributed by atoms with Gasteiger partial charge >= 0.3 is 0 Å². The van der Waals surface area contributed by atoms with Gasteiger partial charge in [0.05, 0.1) is 12.3 Å². The molecule has 0 spiro atoms. The van der Waals surface area contributed by atoms with Crippen LogP contribution in [-0.4, -0.2) is 39.0 Å². The van der Waals surface area contributed by atoms with Crippen LogP contribution >= 0.6 is 11.8 Å². The summed E-state index contributed by atoms with van der Waals surface area (Å²) in [5.41, 5.74) is 0. The second-order valence-electron chi connectivity index (χ2n) is 4.00. The summed E-state index contributed by atoms with van der Waals surface area (Å²) in [6.45, 7) is 8.91. The number of nitrogens with one attached hydrogen (secondary N) is 1. The van der Waals surface area contributed by atoms with E-state index in [4.69, 9.17) is 0 Å². The average molecular weight is 253 g/mol. The minimum atomic E-state index is 0.664. The fraction of sp³-hybridized carbons (Fsp3) is 0.727. The van der Waals surface area contributed by atoms with Gasteiger partial charge in [-0.2, -0.15) is 0 Å². The van der Waals surface area contributed by atoms with Gasteiger partial charge in [-0.05, 0) is 29.8 Å². The smallest absolute Gasteiger partial charge is 0.210 e. The second-order valence-corrected chi connectivity index (χ2v) is 4.94. The van der Waals surface area contributed by atoms with Gasteiger partial charge in [-0.15, -0.1) is 11.0 Å². The molecule has 0 aliphatic carbocycles. The topological polar surface area (TPSA) is 55.6 Å². The van der Waals surface area contributed by atoms with Gasteiger partial charge in [0.1, 0.15) is 0 Å². The van der Waals surface area contributed by atoms with E-state index >= 15 is 0 Å². The van der Waals surface area contributed by atoms with Crippen LogP contribution in [0.25, 0.3) is 0 Å². The van der Waals surface area contributed by atoms with Gasteiger partial charge in [0.15, 0.2) is 0 Å². The quantitative estimate of drug-likeness (QED) is 0.447. The summed E-state index contributed by atoms with van der Waals surface area (Å²) in [6, 6.07) is 0. The van der Waals surface area contributed by atoms with Gasteiger partial charge in [0.25, 0.3) is 0 Å². The maximum Gasteiger partial charge on any atom is 0.210 e. The Morgan fingerprint density at radius 2 is 2.29 bits per heavy atom. The Labute approximate surface area is 107 Å². The predicted molar refractivity (Wildman–Crippen MR) is 69.7 cm³/mol. The summed E-state index contributed by atoms with van der Waals surface area (Å²) in [4.78, 5) is 0. The molecule has 0 amide bonds. The summed E-state index contributed by atoms with van der Waals surface area (Å²) in [5.74, 6) is 7.23. The lowest BCUT2D eigenvalue weighted by Crippen LogP contribution is -2.24. The van der Waals surface area contributed by atoms with Crippen LogP contribution < -0.4 is 5.32 Å². The molecular formula is C11H19N5S.